The first-order valence-corrected chi connectivity index (χ1v) is 7.70. The molecule has 0 aromatic heterocycles. The Labute approximate surface area is 131 Å². The Morgan fingerprint density at radius 1 is 1.30 bits per heavy atom. The van der Waals surface area contributed by atoms with Gasteiger partial charge in [-0.2, -0.15) is 0 Å². The van der Waals surface area contributed by atoms with Crippen LogP contribution in [0, 0.1) is 3.57 Å². The number of amides is 1. The number of hydrogen-bond donors (Lipinski definition) is 3. The minimum Gasteiger partial charge on any atom is -0.478 e. The van der Waals surface area contributed by atoms with Crippen LogP contribution >= 0.6 is 22.6 Å². The third-order valence-electron chi connectivity index (χ3n) is 3.39. The van der Waals surface area contributed by atoms with E-state index < -0.39 is 5.97 Å². The summed E-state index contributed by atoms with van der Waals surface area (Å²) in [7, 11) is 0. The number of carboxylic acid groups (broad SMARTS) is 1. The predicted molar refractivity (Wildman–Crippen MR) is 85.0 cm³/mol. The van der Waals surface area contributed by atoms with E-state index in [-0.39, 0.29) is 18.0 Å². The quantitative estimate of drug-likeness (QED) is 0.678. The first kappa shape index (κ1) is 15.2. The predicted octanol–water partition coefficient (Wildman–Crippen LogP) is 2.46. The van der Waals surface area contributed by atoms with Gasteiger partial charge in [0.05, 0.1) is 17.8 Å². The lowest BCUT2D eigenvalue weighted by Crippen LogP contribution is -2.34. The van der Waals surface area contributed by atoms with Gasteiger partial charge >= 0.3 is 5.97 Å². The second-order valence-electron chi connectivity index (χ2n) is 4.91. The molecule has 1 aromatic carbocycles. The molecule has 2 rings (SSSR count). The van der Waals surface area contributed by atoms with Gasteiger partial charge in [-0.15, -0.1) is 0 Å². The van der Waals surface area contributed by atoms with E-state index in [9.17, 15) is 9.59 Å². The second kappa shape index (κ2) is 7.03. The maximum atomic E-state index is 11.9. The van der Waals surface area contributed by atoms with Gasteiger partial charge in [-0.25, -0.2) is 4.79 Å². The summed E-state index contributed by atoms with van der Waals surface area (Å²) in [6, 6.07) is 5.35. The second-order valence-corrected chi connectivity index (χ2v) is 6.15. The summed E-state index contributed by atoms with van der Waals surface area (Å²) < 4.78 is 0.821. The summed E-state index contributed by atoms with van der Waals surface area (Å²) in [5, 5.41) is 15.0. The molecule has 0 saturated heterocycles. The van der Waals surface area contributed by atoms with E-state index >= 15 is 0 Å². The van der Waals surface area contributed by atoms with Crippen molar-refractivity contribution in [2.45, 2.75) is 31.7 Å². The molecule has 6 heteroatoms. The van der Waals surface area contributed by atoms with Gasteiger partial charge in [0.2, 0.25) is 5.91 Å². The van der Waals surface area contributed by atoms with Crippen molar-refractivity contribution < 1.29 is 14.7 Å². The Bertz CT molecular complexity index is 513. The van der Waals surface area contributed by atoms with Crippen molar-refractivity contribution in [1.82, 2.24) is 5.32 Å². The minimum absolute atomic E-state index is 0.117. The fourth-order valence-corrected chi connectivity index (χ4v) is 2.85. The van der Waals surface area contributed by atoms with Crippen molar-refractivity contribution in [3.05, 3.63) is 27.3 Å². The molecule has 0 spiro atoms. The highest BCUT2D eigenvalue weighted by Crippen LogP contribution is 2.19. The largest absolute Gasteiger partial charge is 0.478 e. The van der Waals surface area contributed by atoms with E-state index in [2.05, 4.69) is 10.6 Å². The molecule has 0 bridgehead atoms. The highest BCUT2D eigenvalue weighted by molar-refractivity contribution is 14.1. The molecule has 1 amide bonds. The van der Waals surface area contributed by atoms with Gasteiger partial charge in [-0.3, -0.25) is 4.79 Å². The Morgan fingerprint density at radius 3 is 2.65 bits per heavy atom. The number of aromatic carboxylic acids is 1. The van der Waals surface area contributed by atoms with Crippen LogP contribution in [0.15, 0.2) is 18.2 Å². The highest BCUT2D eigenvalue weighted by Gasteiger charge is 2.16. The number of anilines is 1. The zero-order valence-corrected chi connectivity index (χ0v) is 13.1. The van der Waals surface area contributed by atoms with Crippen LogP contribution in [0.4, 0.5) is 5.69 Å². The molecule has 20 heavy (non-hydrogen) atoms. The molecule has 1 aromatic rings. The number of rotatable bonds is 5. The van der Waals surface area contributed by atoms with Gasteiger partial charge in [-0.05, 0) is 53.6 Å². The number of carboxylic acids is 1. The maximum absolute atomic E-state index is 11.9. The van der Waals surface area contributed by atoms with Crippen LogP contribution in [-0.4, -0.2) is 29.6 Å². The number of nitrogens with one attached hydrogen (secondary N) is 2. The molecule has 3 N–H and O–H groups in total. The van der Waals surface area contributed by atoms with Crippen LogP contribution < -0.4 is 10.6 Å². The number of carbonyl (C=O) groups is 2. The molecular formula is C14H17IN2O3. The van der Waals surface area contributed by atoms with Crippen LogP contribution in [0.2, 0.25) is 0 Å². The molecule has 0 radical (unpaired) electrons. The molecule has 0 unspecified atom stereocenters. The monoisotopic (exact) mass is 388 g/mol. The van der Waals surface area contributed by atoms with Crippen molar-refractivity contribution in [3.8, 4) is 0 Å². The van der Waals surface area contributed by atoms with Crippen LogP contribution in [0.5, 0.6) is 0 Å². The Hall–Kier alpha value is -1.15. The maximum Gasteiger partial charge on any atom is 0.337 e. The van der Waals surface area contributed by atoms with Crippen LogP contribution in [-0.2, 0) is 4.79 Å². The molecule has 1 aliphatic carbocycles. The lowest BCUT2D eigenvalue weighted by atomic mass is 10.2. The summed E-state index contributed by atoms with van der Waals surface area (Å²) in [5.41, 5.74) is 0.460. The van der Waals surface area contributed by atoms with E-state index in [1.807, 2.05) is 22.6 Å². The lowest BCUT2D eigenvalue weighted by Gasteiger charge is -2.13. The van der Waals surface area contributed by atoms with E-state index in [1.54, 1.807) is 18.2 Å². The molecule has 5 nitrogen and oxygen atoms in total. The average molecular weight is 388 g/mol. The van der Waals surface area contributed by atoms with E-state index in [0.29, 0.717) is 11.7 Å². The van der Waals surface area contributed by atoms with Crippen molar-refractivity contribution in [2.75, 3.05) is 11.9 Å². The Kier molecular flexibility index (Phi) is 5.36. The highest BCUT2D eigenvalue weighted by atomic mass is 127. The fourth-order valence-electron chi connectivity index (χ4n) is 2.36. The first-order valence-electron chi connectivity index (χ1n) is 6.62. The van der Waals surface area contributed by atoms with Gasteiger partial charge in [0, 0.05) is 9.61 Å². The van der Waals surface area contributed by atoms with Gasteiger partial charge in [0.25, 0.3) is 0 Å². The van der Waals surface area contributed by atoms with Crippen LogP contribution in [0.3, 0.4) is 0 Å². The molecule has 1 aliphatic rings. The Balaban J connectivity index is 1.94. The van der Waals surface area contributed by atoms with Crippen molar-refractivity contribution in [3.63, 3.8) is 0 Å². The van der Waals surface area contributed by atoms with Gasteiger partial charge < -0.3 is 15.7 Å². The number of carbonyl (C=O) groups excluding carboxylic acids is 1. The third kappa shape index (κ3) is 4.17. The normalized spacial score (nSPS) is 15.2. The molecule has 0 heterocycles. The Morgan fingerprint density at radius 2 is 2.00 bits per heavy atom. The minimum atomic E-state index is -1.04. The number of benzene rings is 1. The molecule has 1 fully saturated rings. The van der Waals surface area contributed by atoms with E-state index in [4.69, 9.17) is 5.11 Å². The standard InChI is InChI=1S/C14H17IN2O3/c15-9-5-6-12(11(7-9)14(19)20)17-13(18)8-16-10-3-1-2-4-10/h5-7,10,16H,1-4,8H2,(H,17,18)(H,19,20). The molecule has 108 valence electrons. The smallest absolute Gasteiger partial charge is 0.337 e. The summed E-state index contributed by atoms with van der Waals surface area (Å²) >= 11 is 2.04. The van der Waals surface area contributed by atoms with Crippen LogP contribution in [0.1, 0.15) is 36.0 Å². The number of halogens is 1. The summed E-state index contributed by atoms with van der Waals surface area (Å²) in [6.07, 6.45) is 4.63. The number of hydrogen-bond acceptors (Lipinski definition) is 3. The molecule has 0 aliphatic heterocycles. The van der Waals surface area contributed by atoms with Crippen LogP contribution in [0.25, 0.3) is 0 Å². The van der Waals surface area contributed by atoms with Gasteiger partial charge in [-0.1, -0.05) is 12.8 Å². The van der Waals surface area contributed by atoms with Gasteiger partial charge in [0.15, 0.2) is 0 Å². The zero-order valence-electron chi connectivity index (χ0n) is 11.0. The first-order chi connectivity index (χ1) is 9.56. The summed E-state index contributed by atoms with van der Waals surface area (Å²) in [5.74, 6) is -1.25. The molecule has 1 saturated carbocycles. The topological polar surface area (TPSA) is 78.4 Å². The summed E-state index contributed by atoms with van der Waals surface area (Å²) in [4.78, 5) is 23.0. The third-order valence-corrected chi connectivity index (χ3v) is 4.06. The summed E-state index contributed by atoms with van der Waals surface area (Å²) in [6.45, 7) is 0.218. The fraction of sp³-hybridized carbons (Fsp3) is 0.429. The average Bonchev–Trinajstić information content (AvgIpc) is 2.91. The van der Waals surface area contributed by atoms with Crippen molar-refractivity contribution >= 4 is 40.2 Å². The zero-order chi connectivity index (χ0) is 14.5. The van der Waals surface area contributed by atoms with E-state index in [1.165, 1.54) is 12.8 Å². The molecular weight excluding hydrogens is 371 g/mol. The van der Waals surface area contributed by atoms with Crippen molar-refractivity contribution in [1.29, 1.82) is 0 Å². The SMILES string of the molecule is O=C(CNC1CCCC1)Nc1ccc(I)cc1C(=O)O. The molecule has 0 atom stereocenters. The van der Waals surface area contributed by atoms with E-state index in [0.717, 1.165) is 16.4 Å². The lowest BCUT2D eigenvalue weighted by molar-refractivity contribution is -0.115. The van der Waals surface area contributed by atoms with Gasteiger partial charge in [0.1, 0.15) is 0 Å². The van der Waals surface area contributed by atoms with Crippen molar-refractivity contribution in [2.24, 2.45) is 0 Å².